The van der Waals surface area contributed by atoms with Crippen molar-refractivity contribution in [2.24, 2.45) is 5.92 Å². The molecule has 0 fully saturated rings. The van der Waals surface area contributed by atoms with Gasteiger partial charge in [-0.15, -0.1) is 0 Å². The highest BCUT2D eigenvalue weighted by Crippen LogP contribution is 2.12. The highest BCUT2D eigenvalue weighted by molar-refractivity contribution is 5.90. The molecule has 0 saturated heterocycles. The summed E-state index contributed by atoms with van der Waals surface area (Å²) < 4.78 is 14.6. The van der Waals surface area contributed by atoms with Gasteiger partial charge in [0.1, 0.15) is 11.8 Å². The lowest BCUT2D eigenvalue weighted by molar-refractivity contribution is -0.148. The number of benzene rings is 1. The maximum Gasteiger partial charge on any atom is 0.331 e. The fraction of sp³-hybridized carbons (Fsp3) is 0.421. The van der Waals surface area contributed by atoms with Crippen LogP contribution in [0.25, 0.3) is 6.08 Å². The highest BCUT2D eigenvalue weighted by atomic mass is 16.5. The van der Waals surface area contributed by atoms with Gasteiger partial charge in [0.05, 0.1) is 14.2 Å². The van der Waals surface area contributed by atoms with Gasteiger partial charge in [-0.2, -0.15) is 0 Å². The molecule has 0 spiro atoms. The molecule has 0 saturated carbocycles. The third-order valence-electron chi connectivity index (χ3n) is 3.40. The van der Waals surface area contributed by atoms with E-state index in [0.717, 1.165) is 5.56 Å². The molecule has 1 amide bonds. The number of hydrogen-bond donors (Lipinski definition) is 1. The first kappa shape index (κ1) is 21.2. The lowest BCUT2D eigenvalue weighted by Gasteiger charge is -2.18. The van der Waals surface area contributed by atoms with Gasteiger partial charge in [-0.3, -0.25) is 4.79 Å². The number of nitrogens with one attached hydrogen (secondary N) is 1. The average molecular weight is 363 g/mol. The second-order valence-electron chi connectivity index (χ2n) is 5.99. The van der Waals surface area contributed by atoms with Crippen molar-refractivity contribution in [2.45, 2.75) is 26.3 Å². The van der Waals surface area contributed by atoms with E-state index in [1.54, 1.807) is 37.5 Å². The summed E-state index contributed by atoms with van der Waals surface area (Å²) in [6.45, 7) is 3.37. The summed E-state index contributed by atoms with van der Waals surface area (Å²) in [4.78, 5) is 35.2. The van der Waals surface area contributed by atoms with Gasteiger partial charge < -0.3 is 19.5 Å². The predicted molar refractivity (Wildman–Crippen MR) is 96.4 cm³/mol. The van der Waals surface area contributed by atoms with Crippen LogP contribution in [-0.2, 0) is 23.9 Å². The molecule has 0 aliphatic heterocycles. The maximum absolute atomic E-state index is 11.9. The lowest BCUT2D eigenvalue weighted by Crippen LogP contribution is -2.44. The van der Waals surface area contributed by atoms with Crippen LogP contribution in [0.3, 0.4) is 0 Å². The Balaban J connectivity index is 2.47. The van der Waals surface area contributed by atoms with Gasteiger partial charge >= 0.3 is 11.9 Å². The topological polar surface area (TPSA) is 90.9 Å². The van der Waals surface area contributed by atoms with Gasteiger partial charge in [0.2, 0.25) is 0 Å². The molecule has 0 aromatic heterocycles. The minimum absolute atomic E-state index is 0.189. The summed E-state index contributed by atoms with van der Waals surface area (Å²) >= 11 is 0. The summed E-state index contributed by atoms with van der Waals surface area (Å²) in [5.41, 5.74) is 0.787. The first-order valence-corrected chi connectivity index (χ1v) is 8.21. The molecule has 0 bridgehead atoms. The lowest BCUT2D eigenvalue weighted by atomic mass is 10.0. The van der Waals surface area contributed by atoms with E-state index >= 15 is 0 Å². The maximum atomic E-state index is 11.9. The van der Waals surface area contributed by atoms with Crippen molar-refractivity contribution in [1.29, 1.82) is 0 Å². The van der Waals surface area contributed by atoms with E-state index in [1.807, 2.05) is 13.8 Å². The van der Waals surface area contributed by atoms with Crippen LogP contribution in [0.2, 0.25) is 0 Å². The third kappa shape index (κ3) is 7.83. The molecule has 7 heteroatoms. The summed E-state index contributed by atoms with van der Waals surface area (Å²) in [7, 11) is 2.82. The quantitative estimate of drug-likeness (QED) is 0.533. The monoisotopic (exact) mass is 363 g/mol. The van der Waals surface area contributed by atoms with Crippen molar-refractivity contribution in [1.82, 2.24) is 5.32 Å². The highest BCUT2D eigenvalue weighted by Gasteiger charge is 2.22. The summed E-state index contributed by atoms with van der Waals surface area (Å²) in [5, 5.41) is 2.51. The Bertz CT molecular complexity index is 636. The Morgan fingerprint density at radius 3 is 2.31 bits per heavy atom. The largest absolute Gasteiger partial charge is 0.497 e. The SMILES string of the molecule is COC(=O)[C@H](CC(C)C)NC(=O)COC(=O)/C=C/c1ccc(OC)cc1. The molecule has 0 heterocycles. The van der Waals surface area contributed by atoms with E-state index in [2.05, 4.69) is 10.1 Å². The standard InChI is InChI=1S/C19H25NO6/c1-13(2)11-16(19(23)25-4)20-17(21)12-26-18(22)10-7-14-5-8-15(24-3)9-6-14/h5-10,13,16H,11-12H2,1-4H3,(H,20,21)/b10-7+/t16-/m0/s1. The fourth-order valence-electron chi connectivity index (χ4n) is 2.13. The van der Waals surface area contributed by atoms with E-state index in [1.165, 1.54) is 13.2 Å². The van der Waals surface area contributed by atoms with Crippen molar-refractivity contribution in [3.63, 3.8) is 0 Å². The molecule has 1 atom stereocenters. The Labute approximate surface area is 153 Å². The number of ether oxygens (including phenoxy) is 3. The molecule has 1 N–H and O–H groups in total. The third-order valence-corrected chi connectivity index (χ3v) is 3.40. The van der Waals surface area contributed by atoms with Crippen LogP contribution in [-0.4, -0.2) is 44.7 Å². The normalized spacial score (nSPS) is 11.9. The number of carbonyl (C=O) groups is 3. The van der Waals surface area contributed by atoms with Crippen LogP contribution in [0.15, 0.2) is 30.3 Å². The summed E-state index contributed by atoms with van der Waals surface area (Å²) in [5.74, 6) is -0.850. The van der Waals surface area contributed by atoms with Gasteiger partial charge in [-0.25, -0.2) is 9.59 Å². The minimum Gasteiger partial charge on any atom is -0.497 e. The molecular formula is C19H25NO6. The van der Waals surface area contributed by atoms with E-state index in [-0.39, 0.29) is 5.92 Å². The van der Waals surface area contributed by atoms with E-state index in [4.69, 9.17) is 9.47 Å². The zero-order valence-electron chi connectivity index (χ0n) is 15.5. The first-order chi connectivity index (χ1) is 12.3. The molecule has 1 aromatic carbocycles. The van der Waals surface area contributed by atoms with Gasteiger partial charge in [-0.1, -0.05) is 26.0 Å². The number of methoxy groups -OCH3 is 2. The van der Waals surface area contributed by atoms with Crippen LogP contribution in [0.4, 0.5) is 0 Å². The molecule has 26 heavy (non-hydrogen) atoms. The summed E-state index contributed by atoms with van der Waals surface area (Å²) in [6, 6.07) is 6.33. The summed E-state index contributed by atoms with van der Waals surface area (Å²) in [6.07, 6.45) is 3.22. The molecule has 142 valence electrons. The first-order valence-electron chi connectivity index (χ1n) is 8.21. The van der Waals surface area contributed by atoms with E-state index in [9.17, 15) is 14.4 Å². The van der Waals surface area contributed by atoms with Gasteiger partial charge in [0.25, 0.3) is 5.91 Å². The van der Waals surface area contributed by atoms with Gasteiger partial charge in [0.15, 0.2) is 6.61 Å². The molecule has 1 rings (SSSR count). The zero-order chi connectivity index (χ0) is 19.5. The number of amides is 1. The van der Waals surface area contributed by atoms with Crippen molar-refractivity contribution < 1.29 is 28.6 Å². The second-order valence-corrected chi connectivity index (χ2v) is 5.99. The Hall–Kier alpha value is -2.83. The van der Waals surface area contributed by atoms with Crippen molar-refractivity contribution in [3.05, 3.63) is 35.9 Å². The van der Waals surface area contributed by atoms with Crippen molar-refractivity contribution in [2.75, 3.05) is 20.8 Å². The number of hydrogen-bond acceptors (Lipinski definition) is 6. The minimum atomic E-state index is -0.763. The van der Waals surface area contributed by atoms with Crippen LogP contribution in [0, 0.1) is 5.92 Å². The second kappa shape index (κ2) is 10.9. The number of carbonyl (C=O) groups excluding carboxylic acids is 3. The molecular weight excluding hydrogens is 338 g/mol. The molecule has 7 nitrogen and oxygen atoms in total. The van der Waals surface area contributed by atoms with Gasteiger partial charge in [-0.05, 0) is 36.1 Å². The Kier molecular flexibility index (Phi) is 8.91. The smallest absolute Gasteiger partial charge is 0.331 e. The van der Waals surface area contributed by atoms with Crippen LogP contribution in [0.1, 0.15) is 25.8 Å². The van der Waals surface area contributed by atoms with Crippen LogP contribution >= 0.6 is 0 Å². The molecule has 0 aliphatic carbocycles. The van der Waals surface area contributed by atoms with E-state index < -0.39 is 30.5 Å². The predicted octanol–water partition coefficient (Wildman–Crippen LogP) is 1.96. The van der Waals surface area contributed by atoms with Crippen LogP contribution in [0.5, 0.6) is 5.75 Å². The fourth-order valence-corrected chi connectivity index (χ4v) is 2.13. The Morgan fingerprint density at radius 1 is 1.12 bits per heavy atom. The molecule has 0 aliphatic rings. The molecule has 0 unspecified atom stereocenters. The molecule has 1 aromatic rings. The van der Waals surface area contributed by atoms with E-state index in [0.29, 0.717) is 12.2 Å². The van der Waals surface area contributed by atoms with Crippen molar-refractivity contribution >= 4 is 23.9 Å². The molecule has 0 radical (unpaired) electrons. The number of esters is 2. The van der Waals surface area contributed by atoms with Crippen molar-refractivity contribution in [3.8, 4) is 5.75 Å². The zero-order valence-corrected chi connectivity index (χ0v) is 15.5. The van der Waals surface area contributed by atoms with Gasteiger partial charge in [0, 0.05) is 6.08 Å². The number of rotatable bonds is 9. The average Bonchev–Trinajstić information content (AvgIpc) is 2.63. The Morgan fingerprint density at radius 2 is 1.77 bits per heavy atom. The van der Waals surface area contributed by atoms with Crippen LogP contribution < -0.4 is 10.1 Å².